The van der Waals surface area contributed by atoms with E-state index < -0.39 is 5.97 Å². The van der Waals surface area contributed by atoms with Gasteiger partial charge in [0.15, 0.2) is 5.70 Å². The Morgan fingerprint density at radius 3 is 2.75 bits per heavy atom. The lowest BCUT2D eigenvalue weighted by Gasteiger charge is -1.98. The van der Waals surface area contributed by atoms with Crippen molar-refractivity contribution in [1.82, 2.24) is 0 Å². The van der Waals surface area contributed by atoms with Crippen LogP contribution >= 0.6 is 22.9 Å². The van der Waals surface area contributed by atoms with Crippen LogP contribution in [0.5, 0.6) is 0 Å². The van der Waals surface area contributed by atoms with Crippen molar-refractivity contribution in [2.75, 3.05) is 0 Å². The van der Waals surface area contributed by atoms with Crippen LogP contribution in [0, 0.1) is 0 Å². The van der Waals surface area contributed by atoms with Crippen LogP contribution in [0.15, 0.2) is 69.0 Å². The van der Waals surface area contributed by atoms with Gasteiger partial charge in [0.2, 0.25) is 5.90 Å². The van der Waals surface area contributed by atoms with E-state index in [1.807, 2.05) is 35.7 Å². The molecule has 0 fully saturated rings. The van der Waals surface area contributed by atoms with Crippen molar-refractivity contribution in [3.05, 3.63) is 75.3 Å². The van der Waals surface area contributed by atoms with Crippen LogP contribution in [0.2, 0.25) is 5.02 Å². The summed E-state index contributed by atoms with van der Waals surface area (Å²) >= 11 is 7.63. The molecule has 0 amide bonds. The second-order valence-corrected chi connectivity index (χ2v) is 6.35. The maximum atomic E-state index is 12.0. The quantitative estimate of drug-likeness (QED) is 0.490. The molecule has 0 spiro atoms. The minimum Gasteiger partial charge on any atom is -0.457 e. The molecule has 3 heterocycles. The second kappa shape index (κ2) is 6.11. The highest BCUT2D eigenvalue weighted by Crippen LogP contribution is 2.30. The van der Waals surface area contributed by atoms with Crippen molar-refractivity contribution in [1.29, 1.82) is 0 Å². The molecular formula is C18H10ClNO3S. The smallest absolute Gasteiger partial charge is 0.363 e. The zero-order valence-corrected chi connectivity index (χ0v) is 13.8. The minimum atomic E-state index is -0.492. The maximum absolute atomic E-state index is 12.0. The number of cyclic esters (lactones) is 1. The first-order valence-corrected chi connectivity index (χ1v) is 8.37. The molecule has 0 unspecified atom stereocenters. The van der Waals surface area contributed by atoms with Gasteiger partial charge in [-0.25, -0.2) is 9.79 Å². The molecule has 0 radical (unpaired) electrons. The molecule has 0 bridgehead atoms. The lowest BCUT2D eigenvalue weighted by molar-refractivity contribution is -0.129. The summed E-state index contributed by atoms with van der Waals surface area (Å²) in [5.74, 6) is 0.961. The van der Waals surface area contributed by atoms with E-state index in [0.717, 1.165) is 10.4 Å². The predicted octanol–water partition coefficient (Wildman–Crippen LogP) is 5.01. The van der Waals surface area contributed by atoms with Crippen molar-refractivity contribution < 1.29 is 13.9 Å². The fourth-order valence-corrected chi connectivity index (χ4v) is 3.16. The molecule has 1 aliphatic heterocycles. The Labute approximate surface area is 146 Å². The zero-order valence-electron chi connectivity index (χ0n) is 12.2. The van der Waals surface area contributed by atoms with E-state index in [9.17, 15) is 4.79 Å². The molecule has 118 valence electrons. The first-order valence-electron chi connectivity index (χ1n) is 7.12. The number of carbonyl (C=O) groups excluding carboxylic acids is 1. The summed E-state index contributed by atoms with van der Waals surface area (Å²) in [6.07, 6.45) is 1.56. The van der Waals surface area contributed by atoms with Gasteiger partial charge in [-0.15, -0.1) is 11.3 Å². The topological polar surface area (TPSA) is 51.8 Å². The molecule has 0 saturated carbocycles. The Bertz CT molecular complexity index is 970. The van der Waals surface area contributed by atoms with E-state index >= 15 is 0 Å². The summed E-state index contributed by atoms with van der Waals surface area (Å²) in [7, 11) is 0. The number of rotatable bonds is 3. The van der Waals surface area contributed by atoms with Crippen LogP contribution in [0.3, 0.4) is 0 Å². The van der Waals surface area contributed by atoms with Gasteiger partial charge in [0, 0.05) is 11.6 Å². The number of nitrogens with zero attached hydrogens (tertiary/aromatic N) is 1. The Morgan fingerprint density at radius 2 is 1.96 bits per heavy atom. The van der Waals surface area contributed by atoms with Gasteiger partial charge in [-0.3, -0.25) is 0 Å². The van der Waals surface area contributed by atoms with E-state index in [0.29, 0.717) is 22.4 Å². The van der Waals surface area contributed by atoms with Crippen LogP contribution in [0.4, 0.5) is 0 Å². The first kappa shape index (κ1) is 14.9. The molecule has 0 atom stereocenters. The second-order valence-electron chi connectivity index (χ2n) is 5.00. The van der Waals surface area contributed by atoms with E-state index in [-0.39, 0.29) is 5.70 Å². The number of thiophene rings is 1. The number of esters is 1. The summed E-state index contributed by atoms with van der Waals surface area (Å²) in [5, 5.41) is 2.50. The summed E-state index contributed by atoms with van der Waals surface area (Å²) in [6, 6.07) is 14.7. The highest BCUT2D eigenvalue weighted by molar-refractivity contribution is 7.12. The molecule has 6 heteroatoms. The lowest BCUT2D eigenvalue weighted by atomic mass is 10.2. The van der Waals surface area contributed by atoms with Gasteiger partial charge in [0.1, 0.15) is 11.5 Å². The van der Waals surface area contributed by atoms with E-state index in [1.165, 1.54) is 11.3 Å². The van der Waals surface area contributed by atoms with Gasteiger partial charge >= 0.3 is 5.97 Å². The van der Waals surface area contributed by atoms with Crippen molar-refractivity contribution in [3.63, 3.8) is 0 Å². The van der Waals surface area contributed by atoms with Crippen molar-refractivity contribution in [2.24, 2.45) is 4.99 Å². The number of benzene rings is 1. The highest BCUT2D eigenvalue weighted by atomic mass is 35.5. The van der Waals surface area contributed by atoms with Crippen molar-refractivity contribution in [2.45, 2.75) is 0 Å². The van der Waals surface area contributed by atoms with Gasteiger partial charge in [-0.05, 0) is 35.7 Å². The number of halogens is 1. The summed E-state index contributed by atoms with van der Waals surface area (Å²) in [4.78, 5) is 17.0. The molecule has 0 aliphatic carbocycles. The Kier molecular flexibility index (Phi) is 3.80. The lowest BCUT2D eigenvalue weighted by Crippen LogP contribution is -2.03. The van der Waals surface area contributed by atoms with Crippen molar-refractivity contribution >= 4 is 40.9 Å². The largest absolute Gasteiger partial charge is 0.457 e. The summed E-state index contributed by atoms with van der Waals surface area (Å²) < 4.78 is 10.9. The van der Waals surface area contributed by atoms with E-state index in [1.54, 1.807) is 24.3 Å². The SMILES string of the molecule is O=C1OC(c2cccs2)=NC1=Cc1ccc(-c2ccccc2Cl)o1. The molecule has 24 heavy (non-hydrogen) atoms. The molecule has 0 N–H and O–H groups in total. The molecular weight excluding hydrogens is 346 g/mol. The molecule has 4 rings (SSSR count). The third kappa shape index (κ3) is 2.79. The Morgan fingerprint density at radius 1 is 1.08 bits per heavy atom. The predicted molar refractivity (Wildman–Crippen MR) is 94.1 cm³/mol. The highest BCUT2D eigenvalue weighted by Gasteiger charge is 2.25. The number of aliphatic imine (C=N–C) groups is 1. The third-order valence-electron chi connectivity index (χ3n) is 3.40. The summed E-state index contributed by atoms with van der Waals surface area (Å²) in [6.45, 7) is 0. The fourth-order valence-electron chi connectivity index (χ4n) is 2.29. The first-order chi connectivity index (χ1) is 11.7. The molecule has 1 aromatic carbocycles. The van der Waals surface area contributed by atoms with Gasteiger partial charge in [0.25, 0.3) is 0 Å². The molecule has 4 nitrogen and oxygen atoms in total. The maximum Gasteiger partial charge on any atom is 0.363 e. The third-order valence-corrected chi connectivity index (χ3v) is 4.58. The number of carbonyl (C=O) groups is 1. The van der Waals surface area contributed by atoms with Gasteiger partial charge in [-0.2, -0.15) is 0 Å². The van der Waals surface area contributed by atoms with Crippen molar-refractivity contribution in [3.8, 4) is 11.3 Å². The zero-order chi connectivity index (χ0) is 16.5. The molecule has 1 aliphatic rings. The van der Waals surface area contributed by atoms with Crippen LogP contribution in [-0.4, -0.2) is 11.9 Å². The van der Waals surface area contributed by atoms with E-state index in [4.69, 9.17) is 20.8 Å². The van der Waals surface area contributed by atoms with Crippen LogP contribution in [-0.2, 0) is 9.53 Å². The average Bonchev–Trinajstić information content (AvgIpc) is 3.30. The number of ether oxygens (including phenoxy) is 1. The van der Waals surface area contributed by atoms with Crippen LogP contribution < -0.4 is 0 Å². The normalized spacial score (nSPS) is 15.6. The van der Waals surface area contributed by atoms with Gasteiger partial charge in [-0.1, -0.05) is 29.8 Å². The van der Waals surface area contributed by atoms with E-state index in [2.05, 4.69) is 4.99 Å². The molecule has 2 aromatic heterocycles. The Balaban J connectivity index is 1.65. The minimum absolute atomic E-state index is 0.207. The standard InChI is InChI=1S/C18H10ClNO3S/c19-13-5-2-1-4-12(13)15-8-7-11(22-15)10-14-18(21)23-17(20-14)16-6-3-9-24-16/h1-10H. The van der Waals surface area contributed by atoms with Crippen LogP contribution in [0.25, 0.3) is 17.4 Å². The number of hydrogen-bond donors (Lipinski definition) is 0. The van der Waals surface area contributed by atoms with Crippen LogP contribution in [0.1, 0.15) is 10.6 Å². The number of hydrogen-bond acceptors (Lipinski definition) is 5. The molecule has 0 saturated heterocycles. The summed E-state index contributed by atoms with van der Waals surface area (Å²) in [5.41, 5.74) is 0.999. The monoisotopic (exact) mass is 355 g/mol. The average molecular weight is 356 g/mol. The van der Waals surface area contributed by atoms with Gasteiger partial charge in [0.05, 0.1) is 9.90 Å². The van der Waals surface area contributed by atoms with Gasteiger partial charge < -0.3 is 9.15 Å². The number of furan rings is 1. The fraction of sp³-hybridized carbons (Fsp3) is 0. The molecule has 3 aromatic rings. The Hall–Kier alpha value is -2.63.